The number of anilines is 5. The minimum Gasteiger partial charge on any atom is -0.398 e. The number of nitrogens with two attached hydrogens (primary N) is 2. The molecule has 12 heteroatoms. The van der Waals surface area contributed by atoms with Crippen molar-refractivity contribution in [2.75, 3.05) is 35.5 Å². The molecular weight excluding hydrogens is 433 g/mol. The van der Waals surface area contributed by atoms with E-state index in [4.69, 9.17) is 19.4 Å². The summed E-state index contributed by atoms with van der Waals surface area (Å²) in [5, 5.41) is 24.7. The minimum atomic E-state index is -1.16. The summed E-state index contributed by atoms with van der Waals surface area (Å²) in [4.78, 5) is 14.2. The van der Waals surface area contributed by atoms with Crippen LogP contribution in [0.5, 0.6) is 0 Å². The molecular formula is C22H32BN9O2. The van der Waals surface area contributed by atoms with Crippen molar-refractivity contribution in [1.29, 1.82) is 0 Å². The quantitative estimate of drug-likeness (QED) is 0.100. The van der Waals surface area contributed by atoms with Gasteiger partial charge in [-0.1, -0.05) is 12.8 Å². The third kappa shape index (κ3) is 5.70. The number of aromatic nitrogens is 3. The van der Waals surface area contributed by atoms with Crippen LogP contribution in [-0.4, -0.2) is 54.1 Å². The first-order valence-corrected chi connectivity index (χ1v) is 11.1. The molecule has 11 nitrogen and oxygen atoms in total. The second-order valence-corrected chi connectivity index (χ2v) is 8.28. The van der Waals surface area contributed by atoms with Crippen LogP contribution in [-0.2, 0) is 4.79 Å². The van der Waals surface area contributed by atoms with Gasteiger partial charge < -0.3 is 31.8 Å². The van der Waals surface area contributed by atoms with Crippen LogP contribution in [0.25, 0.3) is 5.65 Å². The predicted molar refractivity (Wildman–Crippen MR) is 136 cm³/mol. The number of hydrazine groups is 1. The number of fused-ring (bicyclic) bond motifs is 1. The summed E-state index contributed by atoms with van der Waals surface area (Å²) < 4.78 is 1.72. The Morgan fingerprint density at radius 2 is 2.00 bits per heavy atom. The van der Waals surface area contributed by atoms with Crippen LogP contribution >= 0.6 is 0 Å². The molecule has 8 N–H and O–H groups in total. The second-order valence-electron chi connectivity index (χ2n) is 8.28. The van der Waals surface area contributed by atoms with Gasteiger partial charge in [0.1, 0.15) is 7.85 Å². The van der Waals surface area contributed by atoms with Gasteiger partial charge in [-0.15, -0.1) is 5.10 Å². The van der Waals surface area contributed by atoms with Crippen molar-refractivity contribution >= 4 is 48.5 Å². The number of hydrogen-bond donors (Lipinski definition) is 6. The number of aliphatic hydroxyl groups excluding tert-OH is 1. The van der Waals surface area contributed by atoms with Crippen LogP contribution in [0.15, 0.2) is 24.4 Å². The first kappa shape index (κ1) is 25.1. The lowest BCUT2D eigenvalue weighted by Crippen LogP contribution is -2.26. The zero-order valence-corrected chi connectivity index (χ0v) is 19.7. The molecule has 0 saturated heterocycles. The van der Waals surface area contributed by atoms with Gasteiger partial charge in [-0.2, -0.15) is 0 Å². The molecule has 4 rings (SSSR count). The molecule has 1 aliphatic carbocycles. The zero-order valence-electron chi connectivity index (χ0n) is 19.7. The van der Waals surface area contributed by atoms with E-state index in [9.17, 15) is 9.90 Å². The van der Waals surface area contributed by atoms with Crippen LogP contribution in [0, 0.1) is 6.92 Å². The van der Waals surface area contributed by atoms with Gasteiger partial charge in [0, 0.05) is 32.2 Å². The van der Waals surface area contributed by atoms with Gasteiger partial charge in [0.05, 0.1) is 34.6 Å². The Morgan fingerprint density at radius 3 is 2.59 bits per heavy atom. The molecule has 0 aliphatic heterocycles. The Balaban J connectivity index is 0.000000343. The van der Waals surface area contributed by atoms with Crippen molar-refractivity contribution in [3.63, 3.8) is 0 Å². The third-order valence-corrected chi connectivity index (χ3v) is 5.73. The number of carbonyl (C=O) groups excluding carboxylic acids is 1. The van der Waals surface area contributed by atoms with Crippen molar-refractivity contribution in [2.24, 2.45) is 5.84 Å². The SMILES string of the molecule is O=CNC1CCCC1.[B]C(O)c1cc(Nc2cc(NC)c3ncc(C)n3n2)c(N)c(N(C)N)c1. The number of nitrogens with one attached hydrogen (secondary N) is 3. The number of rotatable bonds is 7. The Kier molecular flexibility index (Phi) is 8.19. The fourth-order valence-corrected chi connectivity index (χ4v) is 3.88. The van der Waals surface area contributed by atoms with Crippen molar-refractivity contribution in [1.82, 2.24) is 19.9 Å². The first-order chi connectivity index (χ1) is 16.2. The average molecular weight is 465 g/mol. The Morgan fingerprint density at radius 1 is 1.29 bits per heavy atom. The minimum absolute atomic E-state index is 0.412. The van der Waals surface area contributed by atoms with Crippen molar-refractivity contribution in [3.05, 3.63) is 35.7 Å². The highest BCUT2D eigenvalue weighted by Gasteiger charge is 2.15. The first-order valence-electron chi connectivity index (χ1n) is 11.1. The van der Waals surface area contributed by atoms with E-state index in [1.165, 1.54) is 30.7 Å². The highest BCUT2D eigenvalue weighted by Crippen LogP contribution is 2.34. The topological polar surface area (TPSA) is 159 Å². The summed E-state index contributed by atoms with van der Waals surface area (Å²) in [6.45, 7) is 1.91. The van der Waals surface area contributed by atoms with Gasteiger partial charge in [-0.25, -0.2) is 15.3 Å². The van der Waals surface area contributed by atoms with E-state index in [1.54, 1.807) is 29.9 Å². The highest BCUT2D eigenvalue weighted by molar-refractivity contribution is 6.11. The number of benzene rings is 1. The van der Waals surface area contributed by atoms with Gasteiger partial charge in [0.25, 0.3) is 0 Å². The smallest absolute Gasteiger partial charge is 0.207 e. The van der Waals surface area contributed by atoms with Gasteiger partial charge in [-0.05, 0) is 37.5 Å². The van der Waals surface area contributed by atoms with Gasteiger partial charge in [0.15, 0.2) is 11.5 Å². The van der Waals surface area contributed by atoms with E-state index in [0.717, 1.165) is 23.4 Å². The summed E-state index contributed by atoms with van der Waals surface area (Å²) >= 11 is 0. The maximum Gasteiger partial charge on any atom is 0.207 e. The fourth-order valence-electron chi connectivity index (χ4n) is 3.88. The van der Waals surface area contributed by atoms with E-state index >= 15 is 0 Å². The summed E-state index contributed by atoms with van der Waals surface area (Å²) in [6.07, 6.45) is 7.47. The number of aliphatic hydroxyl groups is 1. The lowest BCUT2D eigenvalue weighted by molar-refractivity contribution is -0.110. The normalized spacial score (nSPS) is 14.3. The molecule has 1 fully saturated rings. The number of carbonyl (C=O) groups is 1. The molecule has 1 saturated carbocycles. The van der Waals surface area contributed by atoms with Crippen molar-refractivity contribution in [3.8, 4) is 0 Å². The Labute approximate surface area is 200 Å². The summed E-state index contributed by atoms with van der Waals surface area (Å²) in [5.74, 6) is 6.38. The third-order valence-electron chi connectivity index (χ3n) is 5.73. The molecule has 1 aliphatic rings. The molecule has 1 atom stereocenters. The molecule has 2 radical (unpaired) electrons. The van der Waals surface area contributed by atoms with Crippen LogP contribution in [0.3, 0.4) is 0 Å². The summed E-state index contributed by atoms with van der Waals surface area (Å²) in [7, 11) is 9.07. The zero-order chi connectivity index (χ0) is 24.8. The number of aryl methyl sites for hydroxylation is 1. The molecule has 0 spiro atoms. The average Bonchev–Trinajstić information content (AvgIpc) is 3.45. The largest absolute Gasteiger partial charge is 0.398 e. The molecule has 2 aromatic heterocycles. The number of hydrogen-bond acceptors (Lipinski definition) is 9. The van der Waals surface area contributed by atoms with Crippen LogP contribution in [0.4, 0.5) is 28.6 Å². The molecule has 2 heterocycles. The van der Waals surface area contributed by atoms with Gasteiger partial charge in [-0.3, -0.25) is 4.79 Å². The predicted octanol–water partition coefficient (Wildman–Crippen LogP) is 1.55. The molecule has 1 aromatic carbocycles. The molecule has 180 valence electrons. The lowest BCUT2D eigenvalue weighted by atomic mass is 9.91. The number of imidazole rings is 1. The molecule has 0 bridgehead atoms. The molecule has 34 heavy (non-hydrogen) atoms. The second kappa shape index (κ2) is 11.1. The Hall–Kier alpha value is -3.51. The van der Waals surface area contributed by atoms with E-state index < -0.39 is 6.00 Å². The van der Waals surface area contributed by atoms with Gasteiger partial charge in [0.2, 0.25) is 6.41 Å². The van der Waals surface area contributed by atoms with Gasteiger partial charge >= 0.3 is 0 Å². The highest BCUT2D eigenvalue weighted by atomic mass is 16.3. The summed E-state index contributed by atoms with van der Waals surface area (Å²) in [6, 6.07) is 4.46. The molecule has 1 amide bonds. The fraction of sp³-hybridized carbons (Fsp3) is 0.409. The van der Waals surface area contributed by atoms with Crippen molar-refractivity contribution in [2.45, 2.75) is 44.7 Å². The molecule has 3 aromatic rings. The number of nitrogens with zero attached hydrogens (tertiary/aromatic N) is 4. The van der Waals surface area contributed by atoms with Crippen LogP contribution in [0.1, 0.15) is 42.9 Å². The van der Waals surface area contributed by atoms with Crippen LogP contribution in [0.2, 0.25) is 0 Å². The monoisotopic (exact) mass is 465 g/mol. The van der Waals surface area contributed by atoms with Crippen LogP contribution < -0.4 is 32.5 Å². The van der Waals surface area contributed by atoms with E-state index in [0.29, 0.717) is 34.5 Å². The van der Waals surface area contributed by atoms with E-state index in [2.05, 4.69) is 26.0 Å². The lowest BCUT2D eigenvalue weighted by Gasteiger charge is -2.21. The number of amides is 1. The summed E-state index contributed by atoms with van der Waals surface area (Å²) in [5.41, 5.74) is 10.6. The maximum atomic E-state index is 9.85. The maximum absolute atomic E-state index is 9.85. The van der Waals surface area contributed by atoms with Crippen molar-refractivity contribution < 1.29 is 9.90 Å². The standard InChI is InChI=1S/C16H21BN8O.C6H11NO/c1-8-7-21-16-11(20-2)6-13(23-25(8)16)22-10-4-9(15(17)26)5-12(14(10)18)24(3)19;8-5-7-6-3-1-2-4-6/h4-7,15,20,26H,18-19H2,1-3H3,(H,22,23);5-6H,1-4H2,(H,7,8). The Bertz CT molecular complexity index is 1130. The van der Waals surface area contributed by atoms with E-state index in [-0.39, 0.29) is 0 Å². The number of nitrogen functional groups attached to an aromatic ring is 1. The molecule has 1 unspecified atom stereocenters. The van der Waals surface area contributed by atoms with E-state index in [1.807, 2.05) is 20.0 Å².